The largest absolute Gasteiger partial charge is 0.334 e. The van der Waals surface area contributed by atoms with Crippen LogP contribution in [0, 0.1) is 11.3 Å². The van der Waals surface area contributed by atoms with Gasteiger partial charge in [-0.05, 0) is 44.4 Å². The van der Waals surface area contributed by atoms with Crippen molar-refractivity contribution >= 4 is 15.9 Å². The van der Waals surface area contributed by atoms with E-state index in [0.29, 0.717) is 31.5 Å². The summed E-state index contributed by atoms with van der Waals surface area (Å²) in [5, 5.41) is 12.0. The molecule has 0 radical (unpaired) electrons. The molecular formula is C20H28N4O3S. The van der Waals surface area contributed by atoms with Crippen molar-refractivity contribution in [3.8, 4) is 6.07 Å². The number of urea groups is 1. The number of rotatable bonds is 5. The molecule has 2 aliphatic rings. The van der Waals surface area contributed by atoms with Crippen molar-refractivity contribution in [3.63, 3.8) is 0 Å². The fourth-order valence-electron chi connectivity index (χ4n) is 4.05. The van der Waals surface area contributed by atoms with Crippen LogP contribution in [0.15, 0.2) is 24.3 Å². The van der Waals surface area contributed by atoms with Crippen molar-refractivity contribution in [3.05, 3.63) is 35.4 Å². The van der Waals surface area contributed by atoms with Crippen molar-refractivity contribution in [1.29, 1.82) is 5.26 Å². The lowest BCUT2D eigenvalue weighted by molar-refractivity contribution is 0.112. The zero-order valence-corrected chi connectivity index (χ0v) is 17.5. The second-order valence-corrected chi connectivity index (χ2v) is 10.3. The van der Waals surface area contributed by atoms with Crippen molar-refractivity contribution in [2.24, 2.45) is 0 Å². The highest BCUT2D eigenvalue weighted by atomic mass is 32.2. The van der Waals surface area contributed by atoms with Crippen LogP contribution < -0.4 is 5.32 Å². The van der Waals surface area contributed by atoms with Gasteiger partial charge in [-0.3, -0.25) is 4.90 Å². The molecular weight excluding hydrogens is 376 g/mol. The summed E-state index contributed by atoms with van der Waals surface area (Å²) in [6.45, 7) is 6.54. The number of sulfone groups is 1. The Labute approximate surface area is 167 Å². The SMILES string of the molecule is CC(c1cccc(C#N)c1)N1CCN(C(=O)NC(C)C2(S(C)(=O)=O)CC2)CC1. The van der Waals surface area contributed by atoms with E-state index in [1.54, 1.807) is 17.9 Å². The maximum atomic E-state index is 12.6. The van der Waals surface area contributed by atoms with E-state index in [1.165, 1.54) is 6.26 Å². The molecule has 1 aliphatic carbocycles. The molecule has 7 nitrogen and oxygen atoms in total. The van der Waals surface area contributed by atoms with Gasteiger partial charge >= 0.3 is 6.03 Å². The summed E-state index contributed by atoms with van der Waals surface area (Å²) in [4.78, 5) is 16.7. The molecule has 1 aromatic rings. The Balaban J connectivity index is 1.55. The van der Waals surface area contributed by atoms with Crippen molar-refractivity contribution in [1.82, 2.24) is 15.1 Å². The molecule has 1 aliphatic heterocycles. The minimum Gasteiger partial charge on any atom is -0.334 e. The molecule has 0 aromatic heterocycles. The van der Waals surface area contributed by atoms with E-state index in [0.717, 1.165) is 18.7 Å². The number of carbonyl (C=O) groups is 1. The van der Waals surface area contributed by atoms with Crippen molar-refractivity contribution in [2.75, 3.05) is 32.4 Å². The fraction of sp³-hybridized carbons (Fsp3) is 0.600. The minimum atomic E-state index is -3.19. The summed E-state index contributed by atoms with van der Waals surface area (Å²) in [6.07, 6.45) is 2.48. The molecule has 1 N–H and O–H groups in total. The van der Waals surface area contributed by atoms with Gasteiger partial charge in [0.1, 0.15) is 0 Å². The van der Waals surface area contributed by atoms with E-state index >= 15 is 0 Å². The van der Waals surface area contributed by atoms with Gasteiger partial charge in [0.2, 0.25) is 0 Å². The predicted octanol–water partition coefficient (Wildman–Crippen LogP) is 1.91. The van der Waals surface area contributed by atoms with E-state index < -0.39 is 14.6 Å². The molecule has 0 bridgehead atoms. The van der Waals surface area contributed by atoms with E-state index in [-0.39, 0.29) is 18.1 Å². The van der Waals surface area contributed by atoms with Gasteiger partial charge in [-0.1, -0.05) is 12.1 Å². The van der Waals surface area contributed by atoms with Gasteiger partial charge in [-0.15, -0.1) is 0 Å². The number of hydrogen-bond donors (Lipinski definition) is 1. The number of nitriles is 1. The van der Waals surface area contributed by atoms with Gasteiger partial charge in [-0.2, -0.15) is 5.26 Å². The highest BCUT2D eigenvalue weighted by Crippen LogP contribution is 2.46. The van der Waals surface area contributed by atoms with Crippen molar-refractivity contribution in [2.45, 2.75) is 43.5 Å². The van der Waals surface area contributed by atoms with Crippen LogP contribution in [-0.4, -0.2) is 67.5 Å². The van der Waals surface area contributed by atoms with Gasteiger partial charge in [0.15, 0.2) is 9.84 Å². The average molecular weight is 405 g/mol. The van der Waals surface area contributed by atoms with Crippen LogP contribution >= 0.6 is 0 Å². The first-order valence-corrected chi connectivity index (χ1v) is 11.6. The molecule has 3 rings (SSSR count). The second kappa shape index (κ2) is 7.72. The zero-order valence-electron chi connectivity index (χ0n) is 16.7. The van der Waals surface area contributed by atoms with Crippen LogP contribution in [0.4, 0.5) is 4.79 Å². The molecule has 1 heterocycles. The topological polar surface area (TPSA) is 93.5 Å². The van der Waals surface area contributed by atoms with Crippen LogP contribution in [0.1, 0.15) is 43.9 Å². The molecule has 2 amide bonds. The molecule has 28 heavy (non-hydrogen) atoms. The molecule has 2 unspecified atom stereocenters. The molecule has 1 aromatic carbocycles. The lowest BCUT2D eigenvalue weighted by atomic mass is 10.0. The Morgan fingerprint density at radius 2 is 1.86 bits per heavy atom. The standard InChI is InChI=1S/C20H28N4O3S/c1-15(18-6-4-5-17(13-18)14-21)23-9-11-24(12-10-23)19(25)22-16(2)20(7-8-20)28(3,26)27/h4-6,13,15-16H,7-12H2,1-3H3,(H,22,25). The summed E-state index contributed by atoms with van der Waals surface area (Å²) >= 11 is 0. The highest BCUT2D eigenvalue weighted by molar-refractivity contribution is 7.92. The van der Waals surface area contributed by atoms with Crippen LogP contribution in [-0.2, 0) is 9.84 Å². The Morgan fingerprint density at radius 1 is 1.21 bits per heavy atom. The van der Waals surface area contributed by atoms with Gasteiger partial charge < -0.3 is 10.2 Å². The van der Waals surface area contributed by atoms with E-state index in [2.05, 4.69) is 23.2 Å². The molecule has 2 fully saturated rings. The second-order valence-electron chi connectivity index (χ2n) is 7.94. The predicted molar refractivity (Wildman–Crippen MR) is 108 cm³/mol. The molecule has 1 saturated carbocycles. The third kappa shape index (κ3) is 4.01. The Bertz CT molecular complexity index is 881. The van der Waals surface area contributed by atoms with Crippen LogP contribution in [0.2, 0.25) is 0 Å². The maximum Gasteiger partial charge on any atom is 0.317 e. The van der Waals surface area contributed by atoms with Gasteiger partial charge in [-0.25, -0.2) is 13.2 Å². The van der Waals surface area contributed by atoms with Crippen molar-refractivity contribution < 1.29 is 13.2 Å². The summed E-state index contributed by atoms with van der Waals surface area (Å²) in [5.74, 6) is 0. The summed E-state index contributed by atoms with van der Waals surface area (Å²) in [7, 11) is -3.19. The maximum absolute atomic E-state index is 12.6. The normalized spacial score (nSPS) is 21.4. The summed E-state index contributed by atoms with van der Waals surface area (Å²) < 4.78 is 23.3. The Kier molecular flexibility index (Phi) is 5.69. The molecule has 2 atom stereocenters. The summed E-state index contributed by atoms with van der Waals surface area (Å²) in [6, 6.07) is 9.37. The smallest absolute Gasteiger partial charge is 0.317 e. The lowest BCUT2D eigenvalue weighted by Gasteiger charge is -2.39. The first-order chi connectivity index (χ1) is 13.2. The molecule has 152 valence electrons. The van der Waals surface area contributed by atoms with E-state index in [1.807, 2.05) is 18.2 Å². The number of piperazine rings is 1. The lowest BCUT2D eigenvalue weighted by Crippen LogP contribution is -2.56. The number of carbonyl (C=O) groups excluding carboxylic acids is 1. The number of nitrogens with one attached hydrogen (secondary N) is 1. The molecule has 0 spiro atoms. The average Bonchev–Trinajstić information content (AvgIpc) is 3.49. The first kappa shape index (κ1) is 20.6. The third-order valence-corrected chi connectivity index (χ3v) is 8.50. The quantitative estimate of drug-likeness (QED) is 0.809. The zero-order chi connectivity index (χ0) is 20.5. The summed E-state index contributed by atoms with van der Waals surface area (Å²) in [5.41, 5.74) is 1.74. The van der Waals surface area contributed by atoms with Gasteiger partial charge in [0.05, 0.1) is 16.4 Å². The number of hydrogen-bond acceptors (Lipinski definition) is 5. The fourth-order valence-corrected chi connectivity index (χ4v) is 5.59. The molecule has 8 heteroatoms. The Morgan fingerprint density at radius 3 is 2.39 bits per heavy atom. The number of nitrogens with zero attached hydrogens (tertiary/aromatic N) is 3. The van der Waals surface area contributed by atoms with Crippen LogP contribution in [0.25, 0.3) is 0 Å². The van der Waals surface area contributed by atoms with Gasteiger partial charge in [0, 0.05) is 44.5 Å². The first-order valence-electron chi connectivity index (χ1n) is 9.67. The highest BCUT2D eigenvalue weighted by Gasteiger charge is 2.56. The minimum absolute atomic E-state index is 0.164. The molecule has 1 saturated heterocycles. The van der Waals surface area contributed by atoms with E-state index in [9.17, 15) is 13.2 Å². The van der Waals surface area contributed by atoms with E-state index in [4.69, 9.17) is 5.26 Å². The Hall–Kier alpha value is -2.11. The number of amides is 2. The number of benzene rings is 1. The third-order valence-electron chi connectivity index (χ3n) is 6.26. The van der Waals surface area contributed by atoms with Crippen LogP contribution in [0.5, 0.6) is 0 Å². The monoisotopic (exact) mass is 404 g/mol. The van der Waals surface area contributed by atoms with Crippen LogP contribution in [0.3, 0.4) is 0 Å². The van der Waals surface area contributed by atoms with Gasteiger partial charge in [0.25, 0.3) is 0 Å².